The second-order valence-electron chi connectivity index (χ2n) is 5.45. The van der Waals surface area contributed by atoms with E-state index in [1.54, 1.807) is 16.8 Å². The predicted octanol–water partition coefficient (Wildman–Crippen LogP) is 2.00. The Morgan fingerprint density at radius 1 is 1.33 bits per heavy atom. The Kier molecular flexibility index (Phi) is 4.37. The minimum atomic E-state index is -3.26. The van der Waals surface area contributed by atoms with E-state index in [0.717, 1.165) is 16.6 Å². The van der Waals surface area contributed by atoms with E-state index in [1.165, 1.54) is 17.4 Å². The summed E-state index contributed by atoms with van der Waals surface area (Å²) in [6, 6.07) is 6.61. The van der Waals surface area contributed by atoms with Gasteiger partial charge in [0.05, 0.1) is 20.8 Å². The lowest BCUT2D eigenvalue weighted by Crippen LogP contribution is -2.12. The Labute approximate surface area is 143 Å². The van der Waals surface area contributed by atoms with Crippen molar-refractivity contribution in [3.8, 4) is 0 Å². The second-order valence-corrected chi connectivity index (χ2v) is 8.50. The highest BCUT2D eigenvalue weighted by atomic mass is 32.2. The molecule has 0 aliphatic rings. The number of hydrogen-bond donors (Lipinski definition) is 1. The maximum Gasteiger partial charge on any atom is 0.226 e. The summed E-state index contributed by atoms with van der Waals surface area (Å²) in [7, 11) is -1.43. The van der Waals surface area contributed by atoms with Gasteiger partial charge in [0.2, 0.25) is 5.91 Å². The van der Waals surface area contributed by atoms with Gasteiger partial charge in [0, 0.05) is 32.3 Å². The summed E-state index contributed by atoms with van der Waals surface area (Å²) in [6.07, 6.45) is 3.85. The average molecular weight is 364 g/mol. The van der Waals surface area contributed by atoms with Gasteiger partial charge in [0.15, 0.2) is 15.0 Å². The average Bonchev–Trinajstić information content (AvgIpc) is 3.08. The zero-order chi connectivity index (χ0) is 17.3. The molecule has 1 aromatic carbocycles. The fourth-order valence-electron chi connectivity index (χ4n) is 2.21. The van der Waals surface area contributed by atoms with E-state index in [4.69, 9.17) is 0 Å². The van der Waals surface area contributed by atoms with Crippen molar-refractivity contribution >= 4 is 42.4 Å². The third-order valence-electron chi connectivity index (χ3n) is 3.41. The topological polar surface area (TPSA) is 94.0 Å². The molecule has 0 radical (unpaired) electrons. The SMILES string of the molecule is Cn1ccc(CCC(=O)Nc2nc3ccc(S(C)(=O)=O)cc3s2)n1. The fraction of sp³-hybridized carbons (Fsp3) is 0.267. The number of nitrogens with one attached hydrogen (secondary N) is 1. The Balaban J connectivity index is 1.69. The number of carbonyl (C=O) groups is 1. The molecule has 1 amide bonds. The maximum absolute atomic E-state index is 12.0. The van der Waals surface area contributed by atoms with Crippen molar-refractivity contribution in [3.63, 3.8) is 0 Å². The first-order valence-corrected chi connectivity index (χ1v) is 9.91. The number of sulfone groups is 1. The molecule has 0 saturated carbocycles. The van der Waals surface area contributed by atoms with Gasteiger partial charge in [-0.1, -0.05) is 11.3 Å². The number of thiazole rings is 1. The highest BCUT2D eigenvalue weighted by Crippen LogP contribution is 2.28. The van der Waals surface area contributed by atoms with Gasteiger partial charge in [-0.05, 0) is 24.3 Å². The lowest BCUT2D eigenvalue weighted by atomic mass is 10.2. The molecule has 1 N–H and O–H groups in total. The molecule has 126 valence electrons. The summed E-state index contributed by atoms with van der Waals surface area (Å²) in [5.41, 5.74) is 1.52. The van der Waals surface area contributed by atoms with Crippen molar-refractivity contribution in [1.82, 2.24) is 14.8 Å². The summed E-state index contributed by atoms with van der Waals surface area (Å²) in [5, 5.41) is 7.43. The van der Waals surface area contributed by atoms with Gasteiger partial charge in [-0.25, -0.2) is 13.4 Å². The van der Waals surface area contributed by atoms with E-state index in [9.17, 15) is 13.2 Å². The van der Waals surface area contributed by atoms with Crippen LogP contribution in [0.25, 0.3) is 10.2 Å². The quantitative estimate of drug-likeness (QED) is 0.747. The molecule has 2 aromatic heterocycles. The van der Waals surface area contributed by atoms with Crippen molar-refractivity contribution in [2.75, 3.05) is 11.6 Å². The molecule has 0 saturated heterocycles. The first-order chi connectivity index (χ1) is 11.3. The molecule has 9 heteroatoms. The molecule has 0 aliphatic carbocycles. The minimum absolute atomic E-state index is 0.150. The molecule has 24 heavy (non-hydrogen) atoms. The number of benzene rings is 1. The van der Waals surface area contributed by atoms with Crippen LogP contribution in [0.4, 0.5) is 5.13 Å². The van der Waals surface area contributed by atoms with Gasteiger partial charge in [-0.2, -0.15) is 5.10 Å². The highest BCUT2D eigenvalue weighted by Gasteiger charge is 2.12. The lowest BCUT2D eigenvalue weighted by Gasteiger charge is -1.99. The van der Waals surface area contributed by atoms with Crippen LogP contribution in [0.3, 0.4) is 0 Å². The van der Waals surface area contributed by atoms with Crippen LogP contribution >= 0.6 is 11.3 Å². The molecular formula is C15H16N4O3S2. The van der Waals surface area contributed by atoms with Crippen molar-refractivity contribution in [1.29, 1.82) is 0 Å². The zero-order valence-electron chi connectivity index (χ0n) is 13.2. The molecule has 0 spiro atoms. The summed E-state index contributed by atoms with van der Waals surface area (Å²) in [5.74, 6) is -0.150. The summed E-state index contributed by atoms with van der Waals surface area (Å²) in [6.45, 7) is 0. The van der Waals surface area contributed by atoms with Gasteiger partial charge in [0.1, 0.15) is 0 Å². The van der Waals surface area contributed by atoms with E-state index in [1.807, 2.05) is 19.3 Å². The molecule has 0 atom stereocenters. The molecule has 0 unspecified atom stereocenters. The number of amides is 1. The molecule has 0 aliphatic heterocycles. The van der Waals surface area contributed by atoms with Crippen LogP contribution in [0.15, 0.2) is 35.4 Å². The highest BCUT2D eigenvalue weighted by molar-refractivity contribution is 7.90. The van der Waals surface area contributed by atoms with Crippen LogP contribution in [-0.2, 0) is 28.1 Å². The zero-order valence-corrected chi connectivity index (χ0v) is 14.8. The Morgan fingerprint density at radius 2 is 2.12 bits per heavy atom. The van der Waals surface area contributed by atoms with Gasteiger partial charge in [0.25, 0.3) is 0 Å². The molecule has 7 nitrogen and oxygen atoms in total. The van der Waals surface area contributed by atoms with Gasteiger partial charge in [-0.15, -0.1) is 0 Å². The van der Waals surface area contributed by atoms with Gasteiger partial charge in [-0.3, -0.25) is 9.48 Å². The Bertz CT molecular complexity index is 1000. The van der Waals surface area contributed by atoms with Crippen LogP contribution < -0.4 is 5.32 Å². The normalized spacial score (nSPS) is 11.8. The van der Waals surface area contributed by atoms with E-state index in [2.05, 4.69) is 15.4 Å². The number of aryl methyl sites for hydroxylation is 2. The number of nitrogens with zero attached hydrogens (tertiary/aromatic N) is 3. The minimum Gasteiger partial charge on any atom is -0.302 e. The van der Waals surface area contributed by atoms with Crippen LogP contribution in [-0.4, -0.2) is 35.3 Å². The predicted molar refractivity (Wildman–Crippen MR) is 92.9 cm³/mol. The van der Waals surface area contributed by atoms with Crippen molar-refractivity contribution in [3.05, 3.63) is 36.2 Å². The number of hydrogen-bond acceptors (Lipinski definition) is 6. The maximum atomic E-state index is 12.0. The standard InChI is InChI=1S/C15H16N4O3S2/c1-19-8-7-10(18-19)3-6-14(20)17-15-16-12-5-4-11(24(2,21)22)9-13(12)23-15/h4-5,7-9H,3,6H2,1-2H3,(H,16,17,20). The van der Waals surface area contributed by atoms with E-state index < -0.39 is 9.84 Å². The fourth-order valence-corrected chi connectivity index (χ4v) is 3.85. The number of anilines is 1. The first-order valence-electron chi connectivity index (χ1n) is 7.20. The first kappa shape index (κ1) is 16.6. The van der Waals surface area contributed by atoms with E-state index in [-0.39, 0.29) is 10.8 Å². The van der Waals surface area contributed by atoms with Crippen LogP contribution in [0.1, 0.15) is 12.1 Å². The smallest absolute Gasteiger partial charge is 0.226 e. The van der Waals surface area contributed by atoms with Crippen LogP contribution in [0, 0.1) is 0 Å². The van der Waals surface area contributed by atoms with E-state index in [0.29, 0.717) is 23.5 Å². The van der Waals surface area contributed by atoms with Gasteiger partial charge >= 0.3 is 0 Å². The summed E-state index contributed by atoms with van der Waals surface area (Å²) < 4.78 is 25.6. The Hall–Kier alpha value is -2.26. The van der Waals surface area contributed by atoms with E-state index >= 15 is 0 Å². The largest absolute Gasteiger partial charge is 0.302 e. The van der Waals surface area contributed by atoms with Gasteiger partial charge < -0.3 is 5.32 Å². The summed E-state index contributed by atoms with van der Waals surface area (Å²) in [4.78, 5) is 16.6. The molecule has 2 heterocycles. The van der Waals surface area contributed by atoms with Crippen molar-refractivity contribution in [2.45, 2.75) is 17.7 Å². The molecule has 0 fully saturated rings. The number of rotatable bonds is 5. The van der Waals surface area contributed by atoms with Crippen LogP contribution in [0.2, 0.25) is 0 Å². The van der Waals surface area contributed by atoms with Crippen LogP contribution in [0.5, 0.6) is 0 Å². The molecule has 3 rings (SSSR count). The molecule has 3 aromatic rings. The summed E-state index contributed by atoms with van der Waals surface area (Å²) >= 11 is 1.25. The lowest BCUT2D eigenvalue weighted by molar-refractivity contribution is -0.116. The van der Waals surface area contributed by atoms with Crippen molar-refractivity contribution < 1.29 is 13.2 Å². The Morgan fingerprint density at radius 3 is 2.79 bits per heavy atom. The second kappa shape index (κ2) is 6.33. The number of carbonyl (C=O) groups excluding carboxylic acids is 1. The molecule has 0 bridgehead atoms. The third-order valence-corrected chi connectivity index (χ3v) is 5.46. The van der Waals surface area contributed by atoms with Crippen molar-refractivity contribution in [2.24, 2.45) is 7.05 Å². The monoisotopic (exact) mass is 364 g/mol. The number of aromatic nitrogens is 3. The third kappa shape index (κ3) is 3.80. The number of fused-ring (bicyclic) bond motifs is 1. The molecular weight excluding hydrogens is 348 g/mol.